The molecule has 2 rings (SSSR count). The maximum absolute atomic E-state index is 5.09. The number of pyridine rings is 1. The Bertz CT molecular complexity index is 425. The lowest BCUT2D eigenvalue weighted by atomic mass is 10.2. The number of hydrogen-bond donors (Lipinski definition) is 1. The van der Waals surface area contributed by atoms with E-state index < -0.39 is 0 Å². The second-order valence-electron chi connectivity index (χ2n) is 3.72. The quantitative estimate of drug-likeness (QED) is 0.775. The number of hydrogen-bond acceptors (Lipinski definition) is 4. The zero-order valence-corrected chi connectivity index (χ0v) is 9.31. The van der Waals surface area contributed by atoms with Crippen LogP contribution in [-0.4, -0.2) is 16.7 Å². The summed E-state index contributed by atoms with van der Waals surface area (Å²) in [5.74, 6) is 0.878. The van der Waals surface area contributed by atoms with Gasteiger partial charge in [0, 0.05) is 18.5 Å². The molecule has 4 nitrogen and oxygen atoms in total. The summed E-state index contributed by atoms with van der Waals surface area (Å²) in [4.78, 5) is 4.07. The van der Waals surface area contributed by atoms with E-state index >= 15 is 0 Å². The average molecular weight is 217 g/mol. The van der Waals surface area contributed by atoms with Crippen LogP contribution in [0.4, 0.5) is 0 Å². The minimum atomic E-state index is 0.723. The van der Waals surface area contributed by atoms with Crippen LogP contribution in [-0.2, 0) is 13.0 Å². The summed E-state index contributed by atoms with van der Waals surface area (Å²) >= 11 is 0. The lowest BCUT2D eigenvalue weighted by Crippen LogP contribution is -2.16. The highest BCUT2D eigenvalue weighted by atomic mass is 16.5. The van der Waals surface area contributed by atoms with Gasteiger partial charge in [0.1, 0.15) is 0 Å². The minimum Gasteiger partial charge on any atom is -0.360 e. The zero-order valence-electron chi connectivity index (χ0n) is 9.31. The second-order valence-corrected chi connectivity index (χ2v) is 3.72. The molecule has 2 aromatic heterocycles. The minimum absolute atomic E-state index is 0.723. The molecule has 1 N–H and O–H groups in total. The number of nitrogens with zero attached hydrogens (tertiary/aromatic N) is 2. The summed E-state index contributed by atoms with van der Waals surface area (Å²) in [6, 6.07) is 5.97. The molecule has 0 fully saturated rings. The van der Waals surface area contributed by atoms with Crippen molar-refractivity contribution in [2.24, 2.45) is 0 Å². The molecule has 0 atom stereocenters. The predicted octanol–water partition coefficient (Wildman–Crippen LogP) is 1.71. The molecule has 0 spiro atoms. The van der Waals surface area contributed by atoms with Gasteiger partial charge in [0.25, 0.3) is 0 Å². The summed E-state index contributed by atoms with van der Waals surface area (Å²) in [5, 5.41) is 7.13. The van der Waals surface area contributed by atoms with Crippen LogP contribution in [0.1, 0.15) is 17.0 Å². The van der Waals surface area contributed by atoms with Crippen LogP contribution in [0.3, 0.4) is 0 Å². The smallest absolute Gasteiger partial charge is 0.150 e. The lowest BCUT2D eigenvalue weighted by Gasteiger charge is -2.01. The molecule has 0 amide bonds. The van der Waals surface area contributed by atoms with Crippen LogP contribution in [0, 0.1) is 6.92 Å². The standard InChI is InChI=1S/C12H15N3O/c1-10-7-12(16-15-10)9-14-6-4-11-3-2-5-13-8-11/h2-3,5,7-8,14H,4,6,9H2,1H3. The van der Waals surface area contributed by atoms with Crippen molar-refractivity contribution < 1.29 is 4.52 Å². The molecule has 0 aliphatic heterocycles. The molecule has 84 valence electrons. The Morgan fingerprint density at radius 1 is 1.44 bits per heavy atom. The van der Waals surface area contributed by atoms with Gasteiger partial charge in [0.15, 0.2) is 5.76 Å². The van der Waals surface area contributed by atoms with Crippen LogP contribution >= 0.6 is 0 Å². The van der Waals surface area contributed by atoms with Crippen molar-refractivity contribution >= 4 is 0 Å². The maximum atomic E-state index is 5.09. The van der Waals surface area contributed by atoms with Gasteiger partial charge in [-0.3, -0.25) is 4.98 Å². The molecule has 2 heterocycles. The second kappa shape index (κ2) is 5.42. The van der Waals surface area contributed by atoms with E-state index in [-0.39, 0.29) is 0 Å². The van der Waals surface area contributed by atoms with E-state index in [1.807, 2.05) is 25.3 Å². The summed E-state index contributed by atoms with van der Waals surface area (Å²) in [6.45, 7) is 3.55. The lowest BCUT2D eigenvalue weighted by molar-refractivity contribution is 0.370. The van der Waals surface area contributed by atoms with Crippen LogP contribution in [0.25, 0.3) is 0 Å². The van der Waals surface area contributed by atoms with E-state index in [4.69, 9.17) is 4.52 Å². The van der Waals surface area contributed by atoms with E-state index in [0.717, 1.165) is 31.0 Å². The molecule has 0 aromatic carbocycles. The normalized spacial score (nSPS) is 10.6. The monoisotopic (exact) mass is 217 g/mol. The summed E-state index contributed by atoms with van der Waals surface area (Å²) < 4.78 is 5.09. The predicted molar refractivity (Wildman–Crippen MR) is 60.9 cm³/mol. The topological polar surface area (TPSA) is 51.0 Å². The van der Waals surface area contributed by atoms with Crippen LogP contribution in [0.15, 0.2) is 35.1 Å². The fourth-order valence-electron chi connectivity index (χ4n) is 1.49. The van der Waals surface area contributed by atoms with Crippen molar-refractivity contribution in [1.82, 2.24) is 15.5 Å². The molecule has 0 aliphatic carbocycles. The molecule has 0 saturated carbocycles. The fourth-order valence-corrected chi connectivity index (χ4v) is 1.49. The van der Waals surface area contributed by atoms with Crippen molar-refractivity contribution in [1.29, 1.82) is 0 Å². The molecule has 0 saturated heterocycles. The van der Waals surface area contributed by atoms with Crippen molar-refractivity contribution in [2.45, 2.75) is 19.9 Å². The van der Waals surface area contributed by atoms with Gasteiger partial charge in [0.05, 0.1) is 12.2 Å². The van der Waals surface area contributed by atoms with Crippen LogP contribution in [0.5, 0.6) is 0 Å². The first kappa shape index (κ1) is 10.8. The van der Waals surface area contributed by atoms with Crippen molar-refractivity contribution in [3.63, 3.8) is 0 Å². The molecule has 4 heteroatoms. The molecule has 16 heavy (non-hydrogen) atoms. The molecule has 0 radical (unpaired) electrons. The van der Waals surface area contributed by atoms with Gasteiger partial charge in [-0.2, -0.15) is 0 Å². The van der Waals surface area contributed by atoms with E-state index in [1.54, 1.807) is 6.20 Å². The van der Waals surface area contributed by atoms with Gasteiger partial charge >= 0.3 is 0 Å². The molecular weight excluding hydrogens is 202 g/mol. The van der Waals surface area contributed by atoms with E-state index in [2.05, 4.69) is 21.5 Å². The van der Waals surface area contributed by atoms with Crippen molar-refractivity contribution in [3.8, 4) is 0 Å². The summed E-state index contributed by atoms with van der Waals surface area (Å²) in [6.07, 6.45) is 4.65. The number of nitrogens with one attached hydrogen (secondary N) is 1. The van der Waals surface area contributed by atoms with E-state index in [1.165, 1.54) is 5.56 Å². The highest BCUT2D eigenvalue weighted by Crippen LogP contribution is 2.01. The SMILES string of the molecule is Cc1cc(CNCCc2cccnc2)on1. The first-order valence-corrected chi connectivity index (χ1v) is 5.36. The van der Waals surface area contributed by atoms with Gasteiger partial charge < -0.3 is 9.84 Å². The molecule has 0 aliphatic rings. The number of rotatable bonds is 5. The average Bonchev–Trinajstić information content (AvgIpc) is 2.72. The van der Waals surface area contributed by atoms with E-state index in [9.17, 15) is 0 Å². The Morgan fingerprint density at radius 2 is 2.38 bits per heavy atom. The molecule has 0 unspecified atom stereocenters. The van der Waals surface area contributed by atoms with Gasteiger partial charge in [-0.1, -0.05) is 11.2 Å². The third kappa shape index (κ3) is 3.17. The highest BCUT2D eigenvalue weighted by molar-refractivity contribution is 5.08. The fraction of sp³-hybridized carbons (Fsp3) is 0.333. The molecular formula is C12H15N3O. The maximum Gasteiger partial charge on any atom is 0.150 e. The summed E-state index contributed by atoms with van der Waals surface area (Å²) in [5.41, 5.74) is 2.16. The highest BCUT2D eigenvalue weighted by Gasteiger charge is 1.99. The Kier molecular flexibility index (Phi) is 3.66. The first-order chi connectivity index (χ1) is 7.84. The van der Waals surface area contributed by atoms with Crippen LogP contribution < -0.4 is 5.32 Å². The summed E-state index contributed by atoms with van der Waals surface area (Å²) in [7, 11) is 0. The van der Waals surface area contributed by atoms with Crippen molar-refractivity contribution in [2.75, 3.05) is 6.54 Å². The zero-order chi connectivity index (χ0) is 11.2. The van der Waals surface area contributed by atoms with Crippen LogP contribution in [0.2, 0.25) is 0 Å². The third-order valence-electron chi connectivity index (χ3n) is 2.29. The Morgan fingerprint density at radius 3 is 3.06 bits per heavy atom. The number of aromatic nitrogens is 2. The molecule has 0 bridgehead atoms. The Labute approximate surface area is 94.7 Å². The first-order valence-electron chi connectivity index (χ1n) is 5.36. The number of aryl methyl sites for hydroxylation is 1. The van der Waals surface area contributed by atoms with Gasteiger partial charge in [0.2, 0.25) is 0 Å². The Hall–Kier alpha value is -1.68. The van der Waals surface area contributed by atoms with Gasteiger partial charge in [-0.25, -0.2) is 0 Å². The van der Waals surface area contributed by atoms with E-state index in [0.29, 0.717) is 0 Å². The van der Waals surface area contributed by atoms with Gasteiger partial charge in [-0.15, -0.1) is 0 Å². The van der Waals surface area contributed by atoms with Crippen molar-refractivity contribution in [3.05, 3.63) is 47.6 Å². The third-order valence-corrected chi connectivity index (χ3v) is 2.29. The van der Waals surface area contributed by atoms with Gasteiger partial charge in [-0.05, 0) is 31.5 Å². The molecule has 2 aromatic rings. The largest absolute Gasteiger partial charge is 0.360 e. The Balaban J connectivity index is 1.69.